The first kappa shape index (κ1) is 14.1. The number of methoxy groups -OCH3 is 2. The van der Waals surface area contributed by atoms with Crippen molar-refractivity contribution in [3.63, 3.8) is 0 Å². The molecular weight excluding hydrogens is 302 g/mol. The molecule has 18 heavy (non-hydrogen) atoms. The summed E-state index contributed by atoms with van der Waals surface area (Å²) >= 11 is 3.15. The van der Waals surface area contributed by atoms with E-state index in [0.29, 0.717) is 10.0 Å². The van der Waals surface area contributed by atoms with Crippen LogP contribution in [0.3, 0.4) is 0 Å². The standard InChI is InChI=1S/C12H10BrNO4/c1-17-10-5-7(4-9(13)11(10)15)3-8(6-14)12(16)18-2/h3-5,15H,1-2H3. The van der Waals surface area contributed by atoms with Gasteiger partial charge in [0.15, 0.2) is 11.5 Å². The van der Waals surface area contributed by atoms with E-state index in [1.54, 1.807) is 12.1 Å². The van der Waals surface area contributed by atoms with Crippen LogP contribution in [-0.2, 0) is 9.53 Å². The lowest BCUT2D eigenvalue weighted by Gasteiger charge is -2.06. The summed E-state index contributed by atoms with van der Waals surface area (Å²) in [5.41, 5.74) is 0.385. The quantitative estimate of drug-likeness (QED) is 0.526. The number of nitriles is 1. The second-order valence-corrected chi connectivity index (χ2v) is 4.07. The lowest BCUT2D eigenvalue weighted by Crippen LogP contribution is -2.02. The molecule has 1 aromatic carbocycles. The highest BCUT2D eigenvalue weighted by molar-refractivity contribution is 9.10. The molecule has 6 heteroatoms. The SMILES string of the molecule is COC(=O)C(C#N)=Cc1cc(Br)c(O)c(OC)c1. The summed E-state index contributed by atoms with van der Waals surface area (Å²) in [6.45, 7) is 0. The number of benzene rings is 1. The van der Waals surface area contributed by atoms with Crippen LogP contribution in [0.15, 0.2) is 22.2 Å². The van der Waals surface area contributed by atoms with E-state index in [2.05, 4.69) is 20.7 Å². The van der Waals surface area contributed by atoms with Crippen molar-refractivity contribution in [2.24, 2.45) is 0 Å². The van der Waals surface area contributed by atoms with Gasteiger partial charge in [0.25, 0.3) is 0 Å². The van der Waals surface area contributed by atoms with E-state index in [1.807, 2.05) is 0 Å². The lowest BCUT2D eigenvalue weighted by atomic mass is 10.1. The minimum absolute atomic E-state index is 0.0498. The Balaban J connectivity index is 3.27. The van der Waals surface area contributed by atoms with Crippen LogP contribution in [0.25, 0.3) is 6.08 Å². The summed E-state index contributed by atoms with van der Waals surface area (Å²) < 4.78 is 9.82. The molecule has 0 bridgehead atoms. The van der Waals surface area contributed by atoms with Crippen LogP contribution in [0.4, 0.5) is 0 Å². The second kappa shape index (κ2) is 6.07. The van der Waals surface area contributed by atoms with Gasteiger partial charge >= 0.3 is 5.97 Å². The average molecular weight is 312 g/mol. The van der Waals surface area contributed by atoms with Crippen molar-refractivity contribution in [2.75, 3.05) is 14.2 Å². The third-order valence-electron chi connectivity index (χ3n) is 2.11. The van der Waals surface area contributed by atoms with Gasteiger partial charge < -0.3 is 14.6 Å². The average Bonchev–Trinajstić information content (AvgIpc) is 2.38. The van der Waals surface area contributed by atoms with Crippen LogP contribution in [0.5, 0.6) is 11.5 Å². The summed E-state index contributed by atoms with van der Waals surface area (Å²) in [7, 11) is 2.60. The first-order chi connectivity index (χ1) is 8.53. The van der Waals surface area contributed by atoms with Gasteiger partial charge in [-0.05, 0) is 39.7 Å². The molecule has 1 aromatic rings. The highest BCUT2D eigenvalue weighted by Gasteiger charge is 2.11. The smallest absolute Gasteiger partial charge is 0.348 e. The van der Waals surface area contributed by atoms with Gasteiger partial charge in [0.05, 0.1) is 18.7 Å². The Morgan fingerprint density at radius 1 is 1.50 bits per heavy atom. The zero-order chi connectivity index (χ0) is 13.7. The molecule has 0 aliphatic rings. The fraction of sp³-hybridized carbons (Fsp3) is 0.167. The maximum absolute atomic E-state index is 11.2. The topological polar surface area (TPSA) is 79.6 Å². The molecule has 0 saturated heterocycles. The van der Waals surface area contributed by atoms with Gasteiger partial charge in [-0.2, -0.15) is 5.26 Å². The highest BCUT2D eigenvalue weighted by atomic mass is 79.9. The number of ether oxygens (including phenoxy) is 2. The normalized spacial score (nSPS) is 10.7. The van der Waals surface area contributed by atoms with Gasteiger partial charge in [-0.25, -0.2) is 4.79 Å². The van der Waals surface area contributed by atoms with Gasteiger partial charge in [0.2, 0.25) is 0 Å². The largest absolute Gasteiger partial charge is 0.503 e. The summed E-state index contributed by atoms with van der Waals surface area (Å²) in [5.74, 6) is -0.537. The van der Waals surface area contributed by atoms with E-state index in [-0.39, 0.29) is 17.1 Å². The zero-order valence-electron chi connectivity index (χ0n) is 9.73. The molecule has 5 nitrogen and oxygen atoms in total. The monoisotopic (exact) mass is 311 g/mol. The third kappa shape index (κ3) is 3.02. The van der Waals surface area contributed by atoms with Gasteiger partial charge in [0.1, 0.15) is 11.6 Å². The molecule has 1 N–H and O–H groups in total. The fourth-order valence-electron chi connectivity index (χ4n) is 1.25. The van der Waals surface area contributed by atoms with Gasteiger partial charge in [-0.1, -0.05) is 0 Å². The highest BCUT2D eigenvalue weighted by Crippen LogP contribution is 2.35. The van der Waals surface area contributed by atoms with Crippen molar-refractivity contribution in [1.29, 1.82) is 5.26 Å². The number of aromatic hydroxyl groups is 1. The lowest BCUT2D eigenvalue weighted by molar-refractivity contribution is -0.135. The number of esters is 1. The van der Waals surface area contributed by atoms with Crippen LogP contribution >= 0.6 is 15.9 Å². The van der Waals surface area contributed by atoms with Crippen molar-refractivity contribution in [3.05, 3.63) is 27.7 Å². The molecule has 1 rings (SSSR count). The molecule has 94 valence electrons. The van der Waals surface area contributed by atoms with Crippen LogP contribution in [0.2, 0.25) is 0 Å². The van der Waals surface area contributed by atoms with Crippen LogP contribution in [-0.4, -0.2) is 25.3 Å². The minimum atomic E-state index is -0.722. The maximum atomic E-state index is 11.2. The number of phenols is 1. The molecule has 0 aliphatic carbocycles. The first-order valence-electron chi connectivity index (χ1n) is 4.80. The van der Waals surface area contributed by atoms with Crippen LogP contribution in [0, 0.1) is 11.3 Å². The first-order valence-corrected chi connectivity index (χ1v) is 5.59. The van der Waals surface area contributed by atoms with Crippen LogP contribution < -0.4 is 4.74 Å². The molecular formula is C12H10BrNO4. The van der Waals surface area contributed by atoms with E-state index in [1.165, 1.54) is 26.4 Å². The van der Waals surface area contributed by atoms with Crippen molar-refractivity contribution >= 4 is 28.0 Å². The number of carbonyl (C=O) groups is 1. The summed E-state index contributed by atoms with van der Waals surface area (Å²) in [5, 5.41) is 18.4. The summed E-state index contributed by atoms with van der Waals surface area (Å²) in [6, 6.07) is 4.79. The van der Waals surface area contributed by atoms with E-state index in [4.69, 9.17) is 10.00 Å². The Kier molecular flexibility index (Phi) is 4.75. The fourth-order valence-corrected chi connectivity index (χ4v) is 1.71. The second-order valence-electron chi connectivity index (χ2n) is 3.21. The van der Waals surface area contributed by atoms with E-state index < -0.39 is 5.97 Å². The number of rotatable bonds is 3. The Morgan fingerprint density at radius 3 is 2.67 bits per heavy atom. The Morgan fingerprint density at radius 2 is 2.17 bits per heavy atom. The maximum Gasteiger partial charge on any atom is 0.348 e. The predicted octanol–water partition coefficient (Wildman–Crippen LogP) is 2.24. The van der Waals surface area contributed by atoms with Gasteiger partial charge in [0, 0.05) is 0 Å². The van der Waals surface area contributed by atoms with Gasteiger partial charge in [-0.3, -0.25) is 0 Å². The zero-order valence-corrected chi connectivity index (χ0v) is 11.3. The number of carbonyl (C=O) groups excluding carboxylic acids is 1. The molecule has 0 fully saturated rings. The molecule has 0 saturated carbocycles. The van der Waals surface area contributed by atoms with Crippen molar-refractivity contribution in [1.82, 2.24) is 0 Å². The predicted molar refractivity (Wildman–Crippen MR) is 68.0 cm³/mol. The molecule has 0 heterocycles. The summed E-state index contributed by atoms with van der Waals surface area (Å²) in [6.07, 6.45) is 1.35. The van der Waals surface area contributed by atoms with Crippen molar-refractivity contribution in [3.8, 4) is 17.6 Å². The van der Waals surface area contributed by atoms with Crippen LogP contribution in [0.1, 0.15) is 5.56 Å². The number of hydrogen-bond acceptors (Lipinski definition) is 5. The number of nitrogens with zero attached hydrogens (tertiary/aromatic N) is 1. The summed E-state index contributed by atoms with van der Waals surface area (Å²) in [4.78, 5) is 11.2. The van der Waals surface area contributed by atoms with Crippen molar-refractivity contribution in [2.45, 2.75) is 0 Å². The Bertz CT molecular complexity index is 546. The number of phenolic OH excluding ortho intramolecular Hbond substituents is 1. The third-order valence-corrected chi connectivity index (χ3v) is 2.71. The Labute approximate surface area is 112 Å². The van der Waals surface area contributed by atoms with Gasteiger partial charge in [-0.15, -0.1) is 0 Å². The molecule has 0 aromatic heterocycles. The minimum Gasteiger partial charge on any atom is -0.503 e. The number of halogens is 1. The molecule has 0 aliphatic heterocycles. The van der Waals surface area contributed by atoms with E-state index in [0.717, 1.165) is 0 Å². The van der Waals surface area contributed by atoms with E-state index in [9.17, 15) is 9.90 Å². The van der Waals surface area contributed by atoms with E-state index >= 15 is 0 Å². The van der Waals surface area contributed by atoms with Crippen molar-refractivity contribution < 1.29 is 19.4 Å². The molecule has 0 atom stereocenters. The Hall–Kier alpha value is -2.00. The molecule has 0 spiro atoms. The molecule has 0 amide bonds. The molecule has 0 unspecified atom stereocenters. The number of hydrogen-bond donors (Lipinski definition) is 1. The molecule has 0 radical (unpaired) electrons.